The molecule has 0 amide bonds. The number of ether oxygens (including phenoxy) is 1. The molecule has 1 saturated heterocycles. The van der Waals surface area contributed by atoms with Gasteiger partial charge in [0.2, 0.25) is 0 Å². The Bertz CT molecular complexity index is 399. The summed E-state index contributed by atoms with van der Waals surface area (Å²) in [7, 11) is 2.19. The Morgan fingerprint density at radius 2 is 1.81 bits per heavy atom. The molecule has 0 saturated carbocycles. The molecule has 4 nitrogen and oxygen atoms in total. The zero-order valence-electron chi connectivity index (χ0n) is 13.4. The van der Waals surface area contributed by atoms with Crippen molar-refractivity contribution in [1.82, 2.24) is 9.80 Å². The van der Waals surface area contributed by atoms with Crippen LogP contribution < -0.4 is 10.5 Å². The maximum Gasteiger partial charge on any atom is 0.119 e. The normalized spacial score (nSPS) is 18.6. The highest BCUT2D eigenvalue weighted by atomic mass is 16.5. The summed E-state index contributed by atoms with van der Waals surface area (Å²) < 4.78 is 5.85. The lowest BCUT2D eigenvalue weighted by molar-refractivity contribution is 0.106. The molecule has 0 radical (unpaired) electrons. The van der Waals surface area contributed by atoms with Crippen LogP contribution in [0.4, 0.5) is 0 Å². The molecule has 1 heterocycles. The molecule has 2 rings (SSSR count). The predicted molar refractivity (Wildman–Crippen MR) is 87.8 cm³/mol. The number of rotatable bonds is 7. The van der Waals surface area contributed by atoms with Gasteiger partial charge in [-0.15, -0.1) is 0 Å². The van der Waals surface area contributed by atoms with Gasteiger partial charge in [0.05, 0.1) is 6.61 Å². The van der Waals surface area contributed by atoms with Crippen LogP contribution in [-0.4, -0.2) is 62.2 Å². The molecule has 1 aromatic carbocycles. The van der Waals surface area contributed by atoms with Crippen molar-refractivity contribution in [2.24, 2.45) is 5.73 Å². The number of hydrogen-bond donors (Lipinski definition) is 1. The Kier molecular flexibility index (Phi) is 6.49. The van der Waals surface area contributed by atoms with Gasteiger partial charge in [-0.2, -0.15) is 0 Å². The summed E-state index contributed by atoms with van der Waals surface area (Å²) in [6, 6.07) is 8.89. The lowest BCUT2D eigenvalue weighted by atomic mass is 10.1. The van der Waals surface area contributed by atoms with Gasteiger partial charge in [-0.25, -0.2) is 0 Å². The van der Waals surface area contributed by atoms with E-state index >= 15 is 0 Å². The first-order chi connectivity index (χ1) is 10.2. The minimum atomic E-state index is 0.593. The Hall–Kier alpha value is -1.10. The number of nitrogens with two attached hydrogens (primary N) is 1. The molecule has 1 aromatic rings. The maximum atomic E-state index is 5.85. The topological polar surface area (TPSA) is 41.7 Å². The van der Waals surface area contributed by atoms with Crippen LogP contribution >= 0.6 is 0 Å². The number of piperazine rings is 1. The Morgan fingerprint density at radius 1 is 1.14 bits per heavy atom. The van der Waals surface area contributed by atoms with E-state index in [1.165, 1.54) is 31.7 Å². The van der Waals surface area contributed by atoms with Crippen LogP contribution in [0.5, 0.6) is 5.75 Å². The first-order valence-corrected chi connectivity index (χ1v) is 8.03. The van der Waals surface area contributed by atoms with E-state index in [1.807, 2.05) is 12.1 Å². The van der Waals surface area contributed by atoms with Crippen LogP contribution in [0, 0.1) is 0 Å². The summed E-state index contributed by atoms with van der Waals surface area (Å²) >= 11 is 0. The summed E-state index contributed by atoms with van der Waals surface area (Å²) in [6.45, 7) is 8.48. The summed E-state index contributed by atoms with van der Waals surface area (Å²) in [5.41, 5.74) is 6.83. The van der Waals surface area contributed by atoms with Crippen molar-refractivity contribution >= 4 is 0 Å². The molecule has 1 atom stereocenters. The zero-order valence-corrected chi connectivity index (χ0v) is 13.4. The molecule has 2 N–H and O–H groups in total. The van der Waals surface area contributed by atoms with Crippen molar-refractivity contribution in [3.05, 3.63) is 29.8 Å². The highest BCUT2D eigenvalue weighted by Gasteiger charge is 2.18. The van der Waals surface area contributed by atoms with Crippen LogP contribution in [0.3, 0.4) is 0 Å². The standard InChI is InChI=1S/C17H29N3O/c1-15(20-12-10-19(2)11-13-20)8-14-21-17-5-3-16(4-6-17)7-9-18/h3-6,15H,7-14,18H2,1-2H3. The Balaban J connectivity index is 1.68. The second kappa shape index (κ2) is 8.37. The molecule has 0 aromatic heterocycles. The minimum absolute atomic E-state index is 0.593. The average Bonchev–Trinajstić information content (AvgIpc) is 2.50. The third-order valence-corrected chi connectivity index (χ3v) is 4.32. The molecule has 1 aliphatic rings. The van der Waals surface area contributed by atoms with Gasteiger partial charge in [-0.1, -0.05) is 12.1 Å². The van der Waals surface area contributed by atoms with Crippen molar-refractivity contribution in [3.63, 3.8) is 0 Å². The highest BCUT2D eigenvalue weighted by Crippen LogP contribution is 2.14. The van der Waals surface area contributed by atoms with Gasteiger partial charge in [-0.3, -0.25) is 4.90 Å². The van der Waals surface area contributed by atoms with Crippen molar-refractivity contribution in [1.29, 1.82) is 0 Å². The summed E-state index contributed by atoms with van der Waals surface area (Å²) in [6.07, 6.45) is 2.01. The third kappa shape index (κ3) is 5.30. The van der Waals surface area contributed by atoms with Gasteiger partial charge in [0.1, 0.15) is 5.75 Å². The number of benzene rings is 1. The van der Waals surface area contributed by atoms with Crippen LogP contribution in [0.1, 0.15) is 18.9 Å². The predicted octanol–water partition coefficient (Wildman–Crippen LogP) is 1.59. The molecule has 0 aliphatic carbocycles. The molecule has 0 bridgehead atoms. The molecule has 4 heteroatoms. The fraction of sp³-hybridized carbons (Fsp3) is 0.647. The van der Waals surface area contributed by atoms with E-state index in [-0.39, 0.29) is 0 Å². The maximum absolute atomic E-state index is 5.85. The van der Waals surface area contributed by atoms with Gasteiger partial charge in [0.25, 0.3) is 0 Å². The van der Waals surface area contributed by atoms with Gasteiger partial charge >= 0.3 is 0 Å². The molecular formula is C17H29N3O. The van der Waals surface area contributed by atoms with Crippen molar-refractivity contribution < 1.29 is 4.74 Å². The summed E-state index contributed by atoms with van der Waals surface area (Å²) in [5, 5.41) is 0. The molecule has 1 aliphatic heterocycles. The second-order valence-electron chi connectivity index (χ2n) is 6.01. The average molecular weight is 291 g/mol. The van der Waals surface area contributed by atoms with Gasteiger partial charge in [0.15, 0.2) is 0 Å². The van der Waals surface area contributed by atoms with E-state index < -0.39 is 0 Å². The van der Waals surface area contributed by atoms with Crippen molar-refractivity contribution in [2.45, 2.75) is 25.8 Å². The number of nitrogens with zero attached hydrogens (tertiary/aromatic N) is 2. The number of likely N-dealkylation sites (N-methyl/N-ethyl adjacent to an activating group) is 1. The zero-order chi connectivity index (χ0) is 15.1. The van der Waals surface area contributed by atoms with E-state index in [2.05, 4.69) is 35.9 Å². The SMILES string of the molecule is CC(CCOc1ccc(CCN)cc1)N1CCN(C)CC1. The lowest BCUT2D eigenvalue weighted by Gasteiger charge is -2.36. The van der Waals surface area contributed by atoms with E-state index in [9.17, 15) is 0 Å². The summed E-state index contributed by atoms with van der Waals surface area (Å²) in [4.78, 5) is 4.95. The van der Waals surface area contributed by atoms with E-state index in [4.69, 9.17) is 10.5 Å². The minimum Gasteiger partial charge on any atom is -0.494 e. The third-order valence-electron chi connectivity index (χ3n) is 4.32. The van der Waals surface area contributed by atoms with Gasteiger partial charge in [0, 0.05) is 32.2 Å². The summed E-state index contributed by atoms with van der Waals surface area (Å²) in [5.74, 6) is 0.960. The quantitative estimate of drug-likeness (QED) is 0.828. The first-order valence-electron chi connectivity index (χ1n) is 8.03. The van der Waals surface area contributed by atoms with Crippen LogP contribution in [0.15, 0.2) is 24.3 Å². The van der Waals surface area contributed by atoms with E-state index in [1.54, 1.807) is 0 Å². The first kappa shape index (κ1) is 16.3. The fourth-order valence-electron chi connectivity index (χ4n) is 2.71. The van der Waals surface area contributed by atoms with Crippen LogP contribution in [0.25, 0.3) is 0 Å². The van der Waals surface area contributed by atoms with Crippen LogP contribution in [-0.2, 0) is 6.42 Å². The Labute approximate surface area is 128 Å². The van der Waals surface area contributed by atoms with Gasteiger partial charge < -0.3 is 15.4 Å². The van der Waals surface area contributed by atoms with Crippen molar-refractivity contribution in [2.75, 3.05) is 46.4 Å². The Morgan fingerprint density at radius 3 is 2.43 bits per heavy atom. The van der Waals surface area contributed by atoms with Crippen LogP contribution in [0.2, 0.25) is 0 Å². The number of hydrogen-bond acceptors (Lipinski definition) is 4. The monoisotopic (exact) mass is 291 g/mol. The van der Waals surface area contributed by atoms with E-state index in [0.717, 1.165) is 25.2 Å². The largest absolute Gasteiger partial charge is 0.494 e. The fourth-order valence-corrected chi connectivity index (χ4v) is 2.71. The molecule has 0 spiro atoms. The smallest absolute Gasteiger partial charge is 0.119 e. The molecule has 1 fully saturated rings. The highest BCUT2D eigenvalue weighted by molar-refractivity contribution is 5.27. The molecular weight excluding hydrogens is 262 g/mol. The molecule has 21 heavy (non-hydrogen) atoms. The van der Waals surface area contributed by atoms with Gasteiger partial charge in [-0.05, 0) is 51.1 Å². The molecule has 118 valence electrons. The van der Waals surface area contributed by atoms with E-state index in [0.29, 0.717) is 12.6 Å². The second-order valence-corrected chi connectivity index (χ2v) is 6.01. The lowest BCUT2D eigenvalue weighted by Crippen LogP contribution is -2.48. The molecule has 1 unspecified atom stereocenters. The van der Waals surface area contributed by atoms with Crippen molar-refractivity contribution in [3.8, 4) is 5.75 Å².